The fourth-order valence-electron chi connectivity index (χ4n) is 2.37. The molecule has 0 aliphatic rings. The molecule has 0 saturated heterocycles. The molecule has 0 fully saturated rings. The van der Waals surface area contributed by atoms with Crippen LogP contribution in [0.1, 0.15) is 11.1 Å². The summed E-state index contributed by atoms with van der Waals surface area (Å²) >= 11 is 0. The molecule has 0 aliphatic heterocycles. The molecule has 0 unspecified atom stereocenters. The number of aliphatic imine (C=N–C) groups is 1. The van der Waals surface area contributed by atoms with E-state index < -0.39 is 11.6 Å². The number of halogens is 3. The molecule has 3 rings (SSSR count). The largest absolute Gasteiger partial charge is 0.489 e. The average Bonchev–Trinajstić information content (AvgIpc) is 2.70. The summed E-state index contributed by atoms with van der Waals surface area (Å²) in [5.74, 6) is -1.10. The predicted octanol–water partition coefficient (Wildman–Crippen LogP) is 5.55. The molecule has 0 heterocycles. The quantitative estimate of drug-likeness (QED) is 0.347. The van der Waals surface area contributed by atoms with Gasteiger partial charge in [-0.2, -0.15) is 0 Å². The summed E-state index contributed by atoms with van der Waals surface area (Å²) in [6, 6.07) is 17.5. The molecule has 3 aromatic carbocycles. The first-order chi connectivity index (χ1) is 13.1. The summed E-state index contributed by atoms with van der Waals surface area (Å²) in [6.45, 7) is 6.84. The van der Waals surface area contributed by atoms with Crippen LogP contribution in [0.3, 0.4) is 0 Å². The molecule has 0 aromatic heterocycles. The van der Waals surface area contributed by atoms with E-state index in [1.807, 2.05) is 0 Å². The van der Waals surface area contributed by atoms with Gasteiger partial charge in [0.15, 0.2) is 17.3 Å². The molecule has 2 N–H and O–H groups in total. The Bertz CT molecular complexity index is 1030. The number of hydrogen-bond donors (Lipinski definition) is 1. The lowest BCUT2D eigenvalue weighted by Crippen LogP contribution is -2.12. The number of rotatable bonds is 5. The molecule has 0 aliphatic carbocycles. The number of nitrogens with two attached hydrogens (primary N) is 1. The van der Waals surface area contributed by atoms with E-state index in [0.717, 1.165) is 6.07 Å². The summed E-state index contributed by atoms with van der Waals surface area (Å²) in [5, 5.41) is 0. The summed E-state index contributed by atoms with van der Waals surface area (Å²) in [5.41, 5.74) is 7.93. The highest BCUT2D eigenvalue weighted by molar-refractivity contribution is 5.99. The molecule has 142 valence electrons. The maximum atomic E-state index is 13.7. The normalized spacial score (nSPS) is 10.7. The molecule has 0 spiro atoms. The molecular formula is C21H16ClF2N3O. The monoisotopic (exact) mass is 399 g/mol. The highest BCUT2D eigenvalue weighted by atomic mass is 35.5. The average molecular weight is 400 g/mol. The highest BCUT2D eigenvalue weighted by Gasteiger charge is 2.08. The number of hydrogen-bond acceptors (Lipinski definition) is 2. The van der Waals surface area contributed by atoms with E-state index in [-0.39, 0.29) is 30.4 Å². The summed E-state index contributed by atoms with van der Waals surface area (Å²) in [4.78, 5) is 7.64. The molecule has 0 bridgehead atoms. The zero-order valence-corrected chi connectivity index (χ0v) is 15.4. The van der Waals surface area contributed by atoms with Gasteiger partial charge in [0, 0.05) is 11.1 Å². The van der Waals surface area contributed by atoms with Crippen LogP contribution in [0.5, 0.6) is 5.75 Å². The van der Waals surface area contributed by atoms with Crippen LogP contribution in [0.4, 0.5) is 20.2 Å². The van der Waals surface area contributed by atoms with Crippen LogP contribution in [-0.4, -0.2) is 5.84 Å². The second-order valence-corrected chi connectivity index (χ2v) is 5.65. The minimum absolute atomic E-state index is 0. The lowest BCUT2D eigenvalue weighted by atomic mass is 10.2. The molecule has 7 heteroatoms. The third kappa shape index (κ3) is 5.06. The Morgan fingerprint density at radius 3 is 2.46 bits per heavy atom. The van der Waals surface area contributed by atoms with E-state index in [9.17, 15) is 8.78 Å². The summed E-state index contributed by atoms with van der Waals surface area (Å²) in [6.07, 6.45) is 0. The Balaban J connectivity index is 0.00000280. The Morgan fingerprint density at radius 2 is 1.75 bits per heavy atom. The van der Waals surface area contributed by atoms with E-state index in [4.69, 9.17) is 17.0 Å². The Hall–Kier alpha value is -3.43. The van der Waals surface area contributed by atoms with Crippen LogP contribution in [-0.2, 0) is 6.61 Å². The first-order valence-corrected chi connectivity index (χ1v) is 8.04. The Morgan fingerprint density at radius 1 is 1.04 bits per heavy atom. The van der Waals surface area contributed by atoms with Gasteiger partial charge in [-0.05, 0) is 30.3 Å². The molecule has 3 aromatic rings. The second kappa shape index (κ2) is 9.49. The van der Waals surface area contributed by atoms with Gasteiger partial charge in [0.05, 0.1) is 12.3 Å². The van der Waals surface area contributed by atoms with Gasteiger partial charge in [-0.1, -0.05) is 36.4 Å². The third-order valence-electron chi connectivity index (χ3n) is 3.78. The standard InChI is InChI=1S/C21H15F2N3O.ClH/c1-25-16-8-10-17(11-9-16)26-21(24)14-4-2-6-18(12-14)27-13-15-5-3-7-19(22)20(15)23;/h2-12H,13H2,(H2,24,26);1H. The van der Waals surface area contributed by atoms with Crippen molar-refractivity contribution >= 4 is 29.6 Å². The molecule has 0 atom stereocenters. The topological polar surface area (TPSA) is 52.0 Å². The van der Waals surface area contributed by atoms with Crippen LogP contribution in [0.2, 0.25) is 0 Å². The van der Waals surface area contributed by atoms with Crippen LogP contribution >= 0.6 is 12.4 Å². The number of ether oxygens (including phenoxy) is 1. The Labute approximate surface area is 167 Å². The molecule has 0 amide bonds. The van der Waals surface area contributed by atoms with Gasteiger partial charge in [-0.3, -0.25) is 0 Å². The maximum absolute atomic E-state index is 13.7. The molecular weight excluding hydrogens is 384 g/mol. The van der Waals surface area contributed by atoms with Crippen molar-refractivity contribution in [2.24, 2.45) is 10.7 Å². The molecule has 0 saturated carbocycles. The Kier molecular flexibility index (Phi) is 7.08. The van der Waals surface area contributed by atoms with Crippen molar-refractivity contribution in [3.8, 4) is 5.75 Å². The maximum Gasteiger partial charge on any atom is 0.187 e. The number of benzene rings is 3. The molecule has 28 heavy (non-hydrogen) atoms. The van der Waals surface area contributed by atoms with Crippen molar-refractivity contribution in [1.82, 2.24) is 0 Å². The van der Waals surface area contributed by atoms with Gasteiger partial charge in [0.2, 0.25) is 0 Å². The fraction of sp³-hybridized carbons (Fsp3) is 0.0476. The van der Waals surface area contributed by atoms with Crippen LogP contribution < -0.4 is 10.5 Å². The van der Waals surface area contributed by atoms with Gasteiger partial charge < -0.3 is 10.5 Å². The van der Waals surface area contributed by atoms with Gasteiger partial charge in [-0.15, -0.1) is 12.4 Å². The predicted molar refractivity (Wildman–Crippen MR) is 107 cm³/mol. The van der Waals surface area contributed by atoms with Crippen molar-refractivity contribution in [1.29, 1.82) is 0 Å². The van der Waals surface area contributed by atoms with Gasteiger partial charge in [0.25, 0.3) is 0 Å². The van der Waals surface area contributed by atoms with E-state index in [1.54, 1.807) is 48.5 Å². The van der Waals surface area contributed by atoms with Crippen LogP contribution in [0.15, 0.2) is 71.7 Å². The minimum atomic E-state index is -0.919. The highest BCUT2D eigenvalue weighted by Crippen LogP contribution is 2.21. The second-order valence-electron chi connectivity index (χ2n) is 5.65. The first-order valence-electron chi connectivity index (χ1n) is 8.04. The number of nitrogens with zero attached hydrogens (tertiary/aromatic N) is 2. The van der Waals surface area contributed by atoms with Crippen molar-refractivity contribution in [3.63, 3.8) is 0 Å². The van der Waals surface area contributed by atoms with Crippen molar-refractivity contribution < 1.29 is 13.5 Å². The SMILES string of the molecule is Cl.[C-]#[N+]c1ccc(N=C(N)c2cccc(OCc3cccc(F)c3F)c2)cc1. The van der Waals surface area contributed by atoms with Crippen LogP contribution in [0.25, 0.3) is 4.85 Å². The van der Waals surface area contributed by atoms with Gasteiger partial charge in [-0.25, -0.2) is 18.6 Å². The van der Waals surface area contributed by atoms with E-state index in [1.165, 1.54) is 12.1 Å². The first kappa shape index (κ1) is 20.9. The van der Waals surface area contributed by atoms with E-state index in [0.29, 0.717) is 22.7 Å². The fourth-order valence-corrected chi connectivity index (χ4v) is 2.37. The van der Waals surface area contributed by atoms with Crippen molar-refractivity contribution in [3.05, 3.63) is 101 Å². The smallest absolute Gasteiger partial charge is 0.187 e. The summed E-state index contributed by atoms with van der Waals surface area (Å²) in [7, 11) is 0. The van der Waals surface area contributed by atoms with E-state index >= 15 is 0 Å². The number of amidine groups is 1. The zero-order chi connectivity index (χ0) is 19.2. The zero-order valence-electron chi connectivity index (χ0n) is 14.6. The molecule has 4 nitrogen and oxygen atoms in total. The summed E-state index contributed by atoms with van der Waals surface area (Å²) < 4.78 is 32.5. The van der Waals surface area contributed by atoms with Crippen molar-refractivity contribution in [2.75, 3.05) is 0 Å². The van der Waals surface area contributed by atoms with Crippen molar-refractivity contribution in [2.45, 2.75) is 6.61 Å². The lowest BCUT2D eigenvalue weighted by molar-refractivity contribution is 0.297. The lowest BCUT2D eigenvalue weighted by Gasteiger charge is -2.09. The third-order valence-corrected chi connectivity index (χ3v) is 3.78. The van der Waals surface area contributed by atoms with Crippen LogP contribution in [0, 0.1) is 18.2 Å². The molecule has 0 radical (unpaired) electrons. The van der Waals surface area contributed by atoms with Gasteiger partial charge in [0.1, 0.15) is 18.2 Å². The minimum Gasteiger partial charge on any atom is -0.489 e. The van der Waals surface area contributed by atoms with E-state index in [2.05, 4.69) is 9.84 Å². The van der Waals surface area contributed by atoms with Gasteiger partial charge >= 0.3 is 0 Å².